The van der Waals surface area contributed by atoms with Crippen LogP contribution in [0.1, 0.15) is 0 Å². The summed E-state index contributed by atoms with van der Waals surface area (Å²) in [6.45, 7) is -2.56. The Hall–Kier alpha value is -1.70. The minimum atomic E-state index is -4.57. The molecule has 0 bridgehead atoms. The molecular weight excluding hydrogens is 261 g/mol. The van der Waals surface area contributed by atoms with Crippen molar-refractivity contribution in [1.29, 1.82) is 0 Å². The Morgan fingerprint density at radius 2 is 1.78 bits per heavy atom. The molecule has 1 aromatic rings. The van der Waals surface area contributed by atoms with Gasteiger partial charge in [-0.1, -0.05) is 6.07 Å². The number of anilines is 1. The zero-order valence-electron chi connectivity index (χ0n) is 8.85. The summed E-state index contributed by atoms with van der Waals surface area (Å²) in [5, 5.41) is 1.78. The molecule has 0 aliphatic carbocycles. The molecule has 0 atom stereocenters. The van der Waals surface area contributed by atoms with E-state index in [4.69, 9.17) is 0 Å². The first-order chi connectivity index (χ1) is 8.29. The van der Waals surface area contributed by atoms with Gasteiger partial charge in [-0.15, -0.1) is 0 Å². The number of halogens is 5. The second-order valence-corrected chi connectivity index (χ2v) is 3.25. The molecular formula is C10H8F5NO2. The van der Waals surface area contributed by atoms with Gasteiger partial charge in [-0.05, 0) is 12.1 Å². The summed E-state index contributed by atoms with van der Waals surface area (Å²) in [7, 11) is 0. The van der Waals surface area contributed by atoms with Gasteiger partial charge in [0.1, 0.15) is 30.5 Å². The number of benzene rings is 1. The highest BCUT2D eigenvalue weighted by Crippen LogP contribution is 2.18. The van der Waals surface area contributed by atoms with Crippen molar-refractivity contribution in [1.82, 2.24) is 0 Å². The van der Waals surface area contributed by atoms with Crippen molar-refractivity contribution in [2.45, 2.75) is 6.18 Å². The lowest BCUT2D eigenvalue weighted by molar-refractivity contribution is -0.174. The number of amides is 1. The van der Waals surface area contributed by atoms with Gasteiger partial charge in [-0.25, -0.2) is 8.78 Å². The van der Waals surface area contributed by atoms with Crippen LogP contribution in [0.2, 0.25) is 0 Å². The summed E-state index contributed by atoms with van der Waals surface area (Å²) in [4.78, 5) is 11.1. The fourth-order valence-corrected chi connectivity index (χ4v) is 1.05. The summed E-state index contributed by atoms with van der Waals surface area (Å²) in [6.07, 6.45) is -4.57. The summed E-state index contributed by atoms with van der Waals surface area (Å²) < 4.78 is 65.2. The van der Waals surface area contributed by atoms with Crippen LogP contribution < -0.4 is 5.32 Å². The molecule has 18 heavy (non-hydrogen) atoms. The highest BCUT2D eigenvalue weighted by Gasteiger charge is 2.27. The fourth-order valence-electron chi connectivity index (χ4n) is 1.05. The van der Waals surface area contributed by atoms with Crippen LogP contribution in [0.3, 0.4) is 0 Å². The summed E-state index contributed by atoms with van der Waals surface area (Å²) in [6, 6.07) is 2.88. The van der Waals surface area contributed by atoms with Gasteiger partial charge in [0, 0.05) is 0 Å². The molecule has 1 aromatic carbocycles. The maximum atomic E-state index is 13.0. The minimum absolute atomic E-state index is 0.724. The lowest BCUT2D eigenvalue weighted by Crippen LogP contribution is -2.24. The van der Waals surface area contributed by atoms with Crippen molar-refractivity contribution in [3.05, 3.63) is 29.8 Å². The van der Waals surface area contributed by atoms with E-state index >= 15 is 0 Å². The summed E-state index contributed by atoms with van der Waals surface area (Å²) in [5.41, 5.74) is -0.724. The number of rotatable bonds is 4. The van der Waals surface area contributed by atoms with Gasteiger partial charge in [-0.3, -0.25) is 4.79 Å². The molecule has 1 rings (SSSR count). The first-order valence-corrected chi connectivity index (χ1v) is 4.68. The highest BCUT2D eigenvalue weighted by molar-refractivity contribution is 5.91. The van der Waals surface area contributed by atoms with E-state index in [2.05, 4.69) is 4.74 Å². The second-order valence-electron chi connectivity index (χ2n) is 3.25. The largest absolute Gasteiger partial charge is 0.411 e. The number of hydrogen-bond acceptors (Lipinski definition) is 2. The third kappa shape index (κ3) is 4.66. The van der Waals surface area contributed by atoms with Gasteiger partial charge in [0.15, 0.2) is 0 Å². The smallest absolute Gasteiger partial charge is 0.362 e. The van der Waals surface area contributed by atoms with E-state index in [1.165, 1.54) is 0 Å². The van der Waals surface area contributed by atoms with Crippen LogP contribution >= 0.6 is 0 Å². The Labute approximate surface area is 98.5 Å². The molecule has 1 amide bonds. The molecule has 0 radical (unpaired) electrons. The minimum Gasteiger partial charge on any atom is -0.362 e. The standard InChI is InChI=1S/C10H8F5NO2/c11-6-2-1-3-7(12)9(6)16-8(17)4-18-5-10(13,14)15/h1-3H,4-5H2,(H,16,17). The Kier molecular flexibility index (Phi) is 4.60. The van der Waals surface area contributed by atoms with Crippen LogP contribution in [0.5, 0.6) is 0 Å². The van der Waals surface area contributed by atoms with E-state index < -0.39 is 42.6 Å². The molecule has 0 aromatic heterocycles. The maximum absolute atomic E-state index is 13.0. The number of nitrogens with one attached hydrogen (secondary N) is 1. The molecule has 0 spiro atoms. The maximum Gasteiger partial charge on any atom is 0.411 e. The molecule has 0 aliphatic rings. The number of para-hydroxylation sites is 1. The zero-order chi connectivity index (χ0) is 13.8. The summed E-state index contributed by atoms with van der Waals surface area (Å²) in [5.74, 6) is -3.14. The van der Waals surface area contributed by atoms with E-state index in [9.17, 15) is 26.7 Å². The van der Waals surface area contributed by atoms with Crippen LogP contribution in [0.25, 0.3) is 0 Å². The molecule has 0 saturated carbocycles. The van der Waals surface area contributed by atoms with Gasteiger partial charge in [0.05, 0.1) is 0 Å². The fraction of sp³-hybridized carbons (Fsp3) is 0.300. The van der Waals surface area contributed by atoms with Crippen LogP contribution in [0.15, 0.2) is 18.2 Å². The molecule has 3 nitrogen and oxygen atoms in total. The number of alkyl halides is 3. The SMILES string of the molecule is O=C(COCC(F)(F)F)Nc1c(F)cccc1F. The van der Waals surface area contributed by atoms with Crippen LogP contribution in [-0.2, 0) is 9.53 Å². The predicted molar refractivity (Wildman–Crippen MR) is 51.9 cm³/mol. The van der Waals surface area contributed by atoms with Crippen molar-refractivity contribution in [3.8, 4) is 0 Å². The lowest BCUT2D eigenvalue weighted by atomic mass is 10.3. The number of ether oxygens (including phenoxy) is 1. The molecule has 8 heteroatoms. The lowest BCUT2D eigenvalue weighted by Gasteiger charge is -2.09. The number of carbonyl (C=O) groups excluding carboxylic acids is 1. The molecule has 0 fully saturated rings. The molecule has 0 heterocycles. The Morgan fingerprint density at radius 3 is 2.28 bits per heavy atom. The van der Waals surface area contributed by atoms with E-state index in [0.717, 1.165) is 18.2 Å². The molecule has 1 N–H and O–H groups in total. The van der Waals surface area contributed by atoms with Crippen molar-refractivity contribution in [2.24, 2.45) is 0 Å². The zero-order valence-corrected chi connectivity index (χ0v) is 8.85. The third-order valence-electron chi connectivity index (χ3n) is 1.73. The quantitative estimate of drug-likeness (QED) is 0.853. The van der Waals surface area contributed by atoms with Gasteiger partial charge in [-0.2, -0.15) is 13.2 Å². The second kappa shape index (κ2) is 5.76. The Bertz CT molecular complexity index is 413. The van der Waals surface area contributed by atoms with Gasteiger partial charge < -0.3 is 10.1 Å². The van der Waals surface area contributed by atoms with E-state index in [-0.39, 0.29) is 0 Å². The third-order valence-corrected chi connectivity index (χ3v) is 1.73. The van der Waals surface area contributed by atoms with Crippen LogP contribution in [-0.4, -0.2) is 25.3 Å². The normalized spacial score (nSPS) is 11.4. The predicted octanol–water partition coefficient (Wildman–Crippen LogP) is 2.48. The first kappa shape index (κ1) is 14.4. The van der Waals surface area contributed by atoms with E-state index in [0.29, 0.717) is 0 Å². The Balaban J connectivity index is 2.50. The van der Waals surface area contributed by atoms with Gasteiger partial charge in [0.25, 0.3) is 5.91 Å². The number of hydrogen-bond donors (Lipinski definition) is 1. The van der Waals surface area contributed by atoms with Crippen LogP contribution in [0, 0.1) is 11.6 Å². The topological polar surface area (TPSA) is 38.3 Å². The first-order valence-electron chi connectivity index (χ1n) is 4.68. The van der Waals surface area contributed by atoms with Crippen molar-refractivity contribution in [3.63, 3.8) is 0 Å². The van der Waals surface area contributed by atoms with Crippen molar-refractivity contribution < 1.29 is 31.5 Å². The average Bonchev–Trinajstić information content (AvgIpc) is 2.22. The highest BCUT2D eigenvalue weighted by atomic mass is 19.4. The summed E-state index contributed by atoms with van der Waals surface area (Å²) >= 11 is 0. The van der Waals surface area contributed by atoms with Crippen molar-refractivity contribution in [2.75, 3.05) is 18.5 Å². The monoisotopic (exact) mass is 269 g/mol. The molecule has 100 valence electrons. The van der Waals surface area contributed by atoms with Gasteiger partial charge >= 0.3 is 6.18 Å². The molecule has 0 saturated heterocycles. The Morgan fingerprint density at radius 1 is 1.22 bits per heavy atom. The van der Waals surface area contributed by atoms with Crippen molar-refractivity contribution >= 4 is 11.6 Å². The molecule has 0 aliphatic heterocycles. The van der Waals surface area contributed by atoms with E-state index in [1.54, 1.807) is 5.32 Å². The van der Waals surface area contributed by atoms with E-state index in [1.807, 2.05) is 0 Å². The van der Waals surface area contributed by atoms with Gasteiger partial charge in [0.2, 0.25) is 0 Å². The average molecular weight is 269 g/mol. The van der Waals surface area contributed by atoms with Crippen LogP contribution in [0.4, 0.5) is 27.6 Å². The molecule has 0 unspecified atom stereocenters. The number of carbonyl (C=O) groups is 1.